The number of thiophene rings is 1. The van der Waals surface area contributed by atoms with Crippen molar-refractivity contribution in [3.63, 3.8) is 0 Å². The van der Waals surface area contributed by atoms with E-state index in [1.807, 2.05) is 23.6 Å². The molecule has 0 bridgehead atoms. The number of benzene rings is 1. The van der Waals surface area contributed by atoms with Crippen LogP contribution in [0.4, 0.5) is 18.9 Å². The molecule has 0 spiro atoms. The van der Waals surface area contributed by atoms with E-state index in [-0.39, 0.29) is 22.9 Å². The highest BCUT2D eigenvalue weighted by Gasteiger charge is 2.35. The Bertz CT molecular complexity index is 1010. The van der Waals surface area contributed by atoms with Gasteiger partial charge in [0.1, 0.15) is 0 Å². The van der Waals surface area contributed by atoms with E-state index in [1.165, 1.54) is 23.5 Å². The Morgan fingerprint density at radius 2 is 1.84 bits per heavy atom. The first kappa shape index (κ1) is 22.4. The van der Waals surface area contributed by atoms with E-state index >= 15 is 0 Å². The van der Waals surface area contributed by atoms with Gasteiger partial charge >= 0.3 is 6.18 Å². The topological polar surface area (TPSA) is 40.6 Å². The third-order valence-corrected chi connectivity index (χ3v) is 8.08. The number of rotatable bonds is 4. The predicted molar refractivity (Wildman–Crippen MR) is 118 cm³/mol. The van der Waals surface area contributed by atoms with Gasteiger partial charge in [-0.3, -0.25) is 14.5 Å². The lowest BCUT2D eigenvalue weighted by Crippen LogP contribution is -2.48. The molecule has 2 aliphatic heterocycles. The van der Waals surface area contributed by atoms with Crippen molar-refractivity contribution < 1.29 is 22.8 Å². The predicted octanol–water partition coefficient (Wildman–Crippen LogP) is 5.23. The standard InChI is InChI=1S/C22H23F3N2O2S2/c1-21(2)12-17(28)16-11-19(30-20(16)31-21)18(29)13-26-6-8-27(9-7-26)15-5-3-4-14(10-15)22(23,24)25/h3-5,10-11H,6-9,12-13H2,1-2H3. The number of carbonyl (C=O) groups is 2. The molecule has 1 aromatic carbocycles. The molecule has 9 heteroatoms. The molecular formula is C22H23F3N2O2S2. The summed E-state index contributed by atoms with van der Waals surface area (Å²) in [7, 11) is 0. The number of halogens is 3. The number of piperazine rings is 1. The lowest BCUT2D eigenvalue weighted by Gasteiger charge is -2.35. The van der Waals surface area contributed by atoms with Gasteiger partial charge in [0.25, 0.3) is 0 Å². The SMILES string of the molecule is CC1(C)CC(=O)c2cc(C(=O)CN3CCN(c4cccc(C(F)(F)F)c4)CC3)sc2S1. The van der Waals surface area contributed by atoms with Gasteiger partial charge in [0, 0.05) is 48.6 Å². The highest BCUT2D eigenvalue weighted by atomic mass is 32.2. The van der Waals surface area contributed by atoms with E-state index < -0.39 is 11.7 Å². The minimum Gasteiger partial charge on any atom is -0.369 e. The average Bonchev–Trinajstić information content (AvgIpc) is 3.11. The first-order valence-electron chi connectivity index (χ1n) is 10.1. The molecule has 4 rings (SSSR count). The summed E-state index contributed by atoms with van der Waals surface area (Å²) in [5, 5.41) is 0. The first-order chi connectivity index (χ1) is 14.5. The Balaban J connectivity index is 1.37. The number of thioether (sulfide) groups is 1. The third-order valence-electron chi connectivity index (χ3n) is 5.51. The largest absolute Gasteiger partial charge is 0.416 e. The number of anilines is 1. The van der Waals surface area contributed by atoms with Gasteiger partial charge < -0.3 is 4.90 Å². The van der Waals surface area contributed by atoms with E-state index in [2.05, 4.69) is 0 Å². The zero-order valence-electron chi connectivity index (χ0n) is 17.3. The maximum absolute atomic E-state index is 13.0. The van der Waals surface area contributed by atoms with Crippen LogP contribution in [0, 0.1) is 0 Å². The van der Waals surface area contributed by atoms with E-state index in [4.69, 9.17) is 0 Å². The summed E-state index contributed by atoms with van der Waals surface area (Å²) in [4.78, 5) is 29.7. The molecule has 0 N–H and O–H groups in total. The summed E-state index contributed by atoms with van der Waals surface area (Å²) in [6.07, 6.45) is -3.90. The molecule has 1 aromatic heterocycles. The Morgan fingerprint density at radius 3 is 2.52 bits per heavy atom. The fourth-order valence-electron chi connectivity index (χ4n) is 3.87. The summed E-state index contributed by atoms with van der Waals surface area (Å²) < 4.78 is 39.7. The van der Waals surface area contributed by atoms with Crippen LogP contribution in [0.25, 0.3) is 0 Å². The number of hydrogen-bond donors (Lipinski definition) is 0. The van der Waals surface area contributed by atoms with Gasteiger partial charge in [-0.25, -0.2) is 0 Å². The number of carbonyl (C=O) groups excluding carboxylic acids is 2. The quantitative estimate of drug-likeness (QED) is 0.575. The van der Waals surface area contributed by atoms with Gasteiger partial charge in [0.05, 0.1) is 21.2 Å². The van der Waals surface area contributed by atoms with Crippen LogP contribution >= 0.6 is 23.1 Å². The average molecular weight is 469 g/mol. The molecule has 0 radical (unpaired) electrons. The van der Waals surface area contributed by atoms with Crippen molar-refractivity contribution in [3.05, 3.63) is 46.3 Å². The molecule has 4 nitrogen and oxygen atoms in total. The molecule has 166 valence electrons. The summed E-state index contributed by atoms with van der Waals surface area (Å²) in [5.74, 6) is 0.0712. The number of fused-ring (bicyclic) bond motifs is 1. The van der Waals surface area contributed by atoms with Crippen LogP contribution in [0.5, 0.6) is 0 Å². The fraction of sp³-hybridized carbons (Fsp3) is 0.455. The molecule has 1 fully saturated rings. The maximum Gasteiger partial charge on any atom is 0.416 e. The van der Waals surface area contributed by atoms with E-state index in [0.29, 0.717) is 48.7 Å². The highest BCUT2D eigenvalue weighted by Crippen LogP contribution is 2.46. The molecule has 0 aliphatic carbocycles. The molecule has 0 atom stereocenters. The third kappa shape index (κ3) is 4.99. The van der Waals surface area contributed by atoms with Crippen molar-refractivity contribution >= 4 is 40.4 Å². The minimum absolute atomic E-state index is 0.0156. The summed E-state index contributed by atoms with van der Waals surface area (Å²) in [6, 6.07) is 7.08. The minimum atomic E-state index is -4.36. The van der Waals surface area contributed by atoms with Gasteiger partial charge in [0.15, 0.2) is 11.6 Å². The highest BCUT2D eigenvalue weighted by molar-refractivity contribution is 8.02. The molecule has 2 aromatic rings. The monoisotopic (exact) mass is 468 g/mol. The molecule has 0 unspecified atom stereocenters. The van der Waals surface area contributed by atoms with Crippen molar-refractivity contribution in [1.29, 1.82) is 0 Å². The summed E-state index contributed by atoms with van der Waals surface area (Å²) in [5.41, 5.74) is 0.553. The molecule has 31 heavy (non-hydrogen) atoms. The molecular weight excluding hydrogens is 445 g/mol. The van der Waals surface area contributed by atoms with Crippen LogP contribution in [0.3, 0.4) is 0 Å². The van der Waals surface area contributed by atoms with Crippen molar-refractivity contribution in [2.75, 3.05) is 37.6 Å². The fourth-order valence-corrected chi connectivity index (χ4v) is 6.81. The van der Waals surface area contributed by atoms with Crippen LogP contribution in [0.2, 0.25) is 0 Å². The number of Topliss-reactive ketones (excluding diaryl/α,β-unsaturated/α-hetero) is 2. The Morgan fingerprint density at radius 1 is 1.13 bits per heavy atom. The second kappa shape index (κ2) is 8.26. The molecule has 0 amide bonds. The number of ketones is 2. The lowest BCUT2D eigenvalue weighted by molar-refractivity contribution is -0.137. The summed E-state index contributed by atoms with van der Waals surface area (Å²) >= 11 is 3.04. The van der Waals surface area contributed by atoms with Crippen LogP contribution in [0.15, 0.2) is 34.5 Å². The molecule has 3 heterocycles. The van der Waals surface area contributed by atoms with Crippen LogP contribution in [-0.2, 0) is 6.18 Å². The van der Waals surface area contributed by atoms with Crippen LogP contribution in [-0.4, -0.2) is 53.9 Å². The van der Waals surface area contributed by atoms with Gasteiger partial charge in [0.2, 0.25) is 0 Å². The van der Waals surface area contributed by atoms with Crippen molar-refractivity contribution in [2.45, 2.75) is 35.4 Å². The van der Waals surface area contributed by atoms with Gasteiger partial charge in [-0.1, -0.05) is 6.07 Å². The zero-order valence-corrected chi connectivity index (χ0v) is 18.9. The molecule has 2 aliphatic rings. The van der Waals surface area contributed by atoms with E-state index in [0.717, 1.165) is 10.3 Å². The van der Waals surface area contributed by atoms with Crippen LogP contribution < -0.4 is 4.90 Å². The van der Waals surface area contributed by atoms with Gasteiger partial charge in [-0.2, -0.15) is 13.2 Å². The zero-order chi connectivity index (χ0) is 22.4. The van der Waals surface area contributed by atoms with Crippen molar-refractivity contribution in [3.8, 4) is 0 Å². The Kier molecular flexibility index (Phi) is 5.95. The Labute approximate surface area is 187 Å². The van der Waals surface area contributed by atoms with Crippen LogP contribution in [0.1, 0.15) is 45.9 Å². The molecule has 0 saturated carbocycles. The molecule has 1 saturated heterocycles. The second-order valence-corrected chi connectivity index (χ2v) is 11.5. The Hall–Kier alpha value is -1.84. The number of nitrogens with zero attached hydrogens (tertiary/aromatic N) is 2. The maximum atomic E-state index is 13.0. The normalized spacial score (nSPS) is 19.4. The smallest absolute Gasteiger partial charge is 0.369 e. The lowest BCUT2D eigenvalue weighted by atomic mass is 10.0. The second-order valence-electron chi connectivity index (χ2n) is 8.51. The summed E-state index contributed by atoms with van der Waals surface area (Å²) in [6.45, 7) is 6.60. The first-order valence-corrected chi connectivity index (χ1v) is 11.7. The van der Waals surface area contributed by atoms with Crippen molar-refractivity contribution in [2.24, 2.45) is 0 Å². The number of alkyl halides is 3. The van der Waals surface area contributed by atoms with E-state index in [1.54, 1.807) is 23.9 Å². The van der Waals surface area contributed by atoms with Crippen molar-refractivity contribution in [1.82, 2.24) is 4.90 Å². The number of hydrogen-bond acceptors (Lipinski definition) is 6. The van der Waals surface area contributed by atoms with E-state index in [9.17, 15) is 22.8 Å². The van der Waals surface area contributed by atoms with Gasteiger partial charge in [-0.15, -0.1) is 23.1 Å². The van der Waals surface area contributed by atoms with Gasteiger partial charge in [-0.05, 0) is 38.1 Å².